The molecule has 1 rings (SSSR count). The zero-order valence-electron chi connectivity index (χ0n) is 11.3. The number of likely N-dealkylation sites (N-methyl/N-ethyl adjacent to an activating group) is 1. The van der Waals surface area contributed by atoms with Gasteiger partial charge in [-0.05, 0) is 6.92 Å². The first-order valence-corrected chi connectivity index (χ1v) is 8.25. The van der Waals surface area contributed by atoms with Gasteiger partial charge in [0.25, 0.3) is 0 Å². The minimum absolute atomic E-state index is 0.0134. The highest BCUT2D eigenvalue weighted by Crippen LogP contribution is 2.04. The zero-order chi connectivity index (χ0) is 13.8. The maximum Gasteiger partial charge on any atom is 0.239 e. The van der Waals surface area contributed by atoms with Crippen molar-refractivity contribution in [3.63, 3.8) is 0 Å². The summed E-state index contributed by atoms with van der Waals surface area (Å²) in [4.78, 5) is 15.8. The molecular weight excluding hydrogens is 254 g/mol. The lowest BCUT2D eigenvalue weighted by molar-refractivity contribution is -0.135. The minimum Gasteiger partial charge on any atom is -0.343 e. The van der Waals surface area contributed by atoms with Crippen molar-refractivity contribution in [3.05, 3.63) is 0 Å². The molecule has 0 aromatic carbocycles. The molecule has 1 fully saturated rings. The van der Waals surface area contributed by atoms with Gasteiger partial charge in [-0.15, -0.1) is 0 Å². The van der Waals surface area contributed by atoms with Crippen molar-refractivity contribution in [1.82, 2.24) is 15.1 Å². The molecular formula is C11H23N3O3S. The van der Waals surface area contributed by atoms with Crippen molar-refractivity contribution in [2.45, 2.75) is 13.0 Å². The first kappa shape index (κ1) is 15.4. The van der Waals surface area contributed by atoms with E-state index in [-0.39, 0.29) is 24.2 Å². The summed E-state index contributed by atoms with van der Waals surface area (Å²) in [6, 6.07) is -0.184. The molecule has 1 saturated heterocycles. The van der Waals surface area contributed by atoms with Crippen LogP contribution >= 0.6 is 0 Å². The normalized spacial score (nSPS) is 19.5. The molecule has 18 heavy (non-hydrogen) atoms. The average molecular weight is 277 g/mol. The molecule has 0 aromatic heterocycles. The van der Waals surface area contributed by atoms with Crippen LogP contribution in [0, 0.1) is 0 Å². The zero-order valence-corrected chi connectivity index (χ0v) is 12.2. The summed E-state index contributed by atoms with van der Waals surface area (Å²) in [5.41, 5.74) is 0. The standard InChI is InChI=1S/C11H23N3O3S/c1-10(14-6-4-12-5-7-14)11(15)13(2)8-9-18(3,16)17/h10,12H,4-9H2,1-3H3. The van der Waals surface area contributed by atoms with Gasteiger partial charge >= 0.3 is 0 Å². The number of sulfone groups is 1. The fourth-order valence-corrected chi connectivity index (χ4v) is 2.56. The van der Waals surface area contributed by atoms with Crippen LogP contribution in [0.4, 0.5) is 0 Å². The van der Waals surface area contributed by atoms with Gasteiger partial charge in [-0.3, -0.25) is 9.69 Å². The van der Waals surface area contributed by atoms with Crippen molar-refractivity contribution >= 4 is 15.7 Å². The highest BCUT2D eigenvalue weighted by atomic mass is 32.2. The molecule has 1 heterocycles. The number of piperazine rings is 1. The Hall–Kier alpha value is -0.660. The van der Waals surface area contributed by atoms with Gasteiger partial charge in [0.2, 0.25) is 5.91 Å². The van der Waals surface area contributed by atoms with Gasteiger partial charge in [-0.1, -0.05) is 0 Å². The number of amides is 1. The second-order valence-electron chi connectivity index (χ2n) is 4.85. The van der Waals surface area contributed by atoms with E-state index in [4.69, 9.17) is 0 Å². The number of nitrogens with zero attached hydrogens (tertiary/aromatic N) is 2. The molecule has 0 radical (unpaired) electrons. The first-order chi connectivity index (χ1) is 8.31. The van der Waals surface area contributed by atoms with E-state index in [0.29, 0.717) is 0 Å². The molecule has 1 amide bonds. The van der Waals surface area contributed by atoms with Gasteiger partial charge in [0.15, 0.2) is 0 Å². The molecule has 1 aliphatic heterocycles. The first-order valence-electron chi connectivity index (χ1n) is 6.19. The van der Waals surface area contributed by atoms with E-state index in [2.05, 4.69) is 10.2 Å². The van der Waals surface area contributed by atoms with E-state index in [1.165, 1.54) is 11.2 Å². The van der Waals surface area contributed by atoms with Crippen LogP contribution in [0.15, 0.2) is 0 Å². The summed E-state index contributed by atoms with van der Waals surface area (Å²) < 4.78 is 22.1. The minimum atomic E-state index is -3.02. The monoisotopic (exact) mass is 277 g/mol. The highest BCUT2D eigenvalue weighted by Gasteiger charge is 2.25. The lowest BCUT2D eigenvalue weighted by Gasteiger charge is -2.33. The molecule has 106 valence electrons. The van der Waals surface area contributed by atoms with Crippen LogP contribution < -0.4 is 5.32 Å². The van der Waals surface area contributed by atoms with Gasteiger partial charge in [0.1, 0.15) is 9.84 Å². The topological polar surface area (TPSA) is 69.7 Å². The summed E-state index contributed by atoms with van der Waals surface area (Å²) in [6.45, 7) is 5.63. The summed E-state index contributed by atoms with van der Waals surface area (Å²) in [5, 5.41) is 3.24. The van der Waals surface area contributed by atoms with Gasteiger partial charge < -0.3 is 10.2 Å². The number of rotatable bonds is 5. The number of hydrogen-bond donors (Lipinski definition) is 1. The van der Waals surface area contributed by atoms with Crippen LogP contribution in [0.3, 0.4) is 0 Å². The third-order valence-electron chi connectivity index (χ3n) is 3.23. The van der Waals surface area contributed by atoms with E-state index < -0.39 is 9.84 Å². The fraction of sp³-hybridized carbons (Fsp3) is 0.909. The predicted molar refractivity (Wildman–Crippen MR) is 71.3 cm³/mol. The fourth-order valence-electron chi connectivity index (χ4n) is 1.96. The van der Waals surface area contributed by atoms with Gasteiger partial charge in [0, 0.05) is 46.0 Å². The second kappa shape index (κ2) is 6.49. The Balaban J connectivity index is 2.46. The summed E-state index contributed by atoms with van der Waals surface area (Å²) in [5.74, 6) is 0.00400. The molecule has 0 aliphatic carbocycles. The van der Waals surface area contributed by atoms with E-state index >= 15 is 0 Å². The van der Waals surface area contributed by atoms with Crippen LogP contribution in [0.5, 0.6) is 0 Å². The van der Waals surface area contributed by atoms with Crippen LogP contribution in [0.25, 0.3) is 0 Å². The molecule has 7 heteroatoms. The maximum atomic E-state index is 12.1. The number of carbonyl (C=O) groups excluding carboxylic acids is 1. The lowest BCUT2D eigenvalue weighted by Crippen LogP contribution is -2.53. The molecule has 0 bridgehead atoms. The van der Waals surface area contributed by atoms with Gasteiger partial charge in [-0.25, -0.2) is 8.42 Å². The van der Waals surface area contributed by atoms with Crippen LogP contribution in [0.1, 0.15) is 6.92 Å². The van der Waals surface area contributed by atoms with Crippen molar-refractivity contribution in [3.8, 4) is 0 Å². The van der Waals surface area contributed by atoms with Crippen molar-refractivity contribution in [2.75, 3.05) is 51.8 Å². The molecule has 0 aromatic rings. The Morgan fingerprint density at radius 1 is 1.39 bits per heavy atom. The smallest absolute Gasteiger partial charge is 0.239 e. The van der Waals surface area contributed by atoms with Crippen molar-refractivity contribution in [1.29, 1.82) is 0 Å². The highest BCUT2D eigenvalue weighted by molar-refractivity contribution is 7.90. The van der Waals surface area contributed by atoms with E-state index in [0.717, 1.165) is 26.2 Å². The summed E-state index contributed by atoms with van der Waals surface area (Å²) in [7, 11) is -1.36. The van der Waals surface area contributed by atoms with Crippen LogP contribution in [-0.2, 0) is 14.6 Å². The molecule has 0 spiro atoms. The number of nitrogens with one attached hydrogen (secondary N) is 1. The Morgan fingerprint density at radius 3 is 2.44 bits per heavy atom. The molecule has 6 nitrogen and oxygen atoms in total. The lowest BCUT2D eigenvalue weighted by atomic mass is 10.2. The Labute approximate surface area is 109 Å². The molecule has 1 N–H and O–H groups in total. The number of carbonyl (C=O) groups is 1. The van der Waals surface area contributed by atoms with E-state index in [9.17, 15) is 13.2 Å². The third-order valence-corrected chi connectivity index (χ3v) is 4.15. The van der Waals surface area contributed by atoms with E-state index in [1.807, 2.05) is 6.92 Å². The Kier molecular flexibility index (Phi) is 5.55. The molecule has 0 saturated carbocycles. The van der Waals surface area contributed by atoms with Gasteiger partial charge in [0.05, 0.1) is 11.8 Å². The largest absolute Gasteiger partial charge is 0.343 e. The SMILES string of the molecule is CC(C(=O)N(C)CCS(C)(=O)=O)N1CCNCC1. The Bertz CT molecular complexity index is 377. The molecule has 1 unspecified atom stereocenters. The number of hydrogen-bond acceptors (Lipinski definition) is 5. The van der Waals surface area contributed by atoms with Crippen molar-refractivity contribution in [2.24, 2.45) is 0 Å². The van der Waals surface area contributed by atoms with Crippen molar-refractivity contribution < 1.29 is 13.2 Å². The summed E-state index contributed by atoms with van der Waals surface area (Å²) >= 11 is 0. The maximum absolute atomic E-state index is 12.1. The van der Waals surface area contributed by atoms with Crippen LogP contribution in [-0.4, -0.2) is 81.9 Å². The van der Waals surface area contributed by atoms with Crippen LogP contribution in [0.2, 0.25) is 0 Å². The molecule has 1 atom stereocenters. The summed E-state index contributed by atoms with van der Waals surface area (Å²) in [6.07, 6.45) is 1.19. The predicted octanol–water partition coefficient (Wildman–Crippen LogP) is -1.22. The molecule has 1 aliphatic rings. The van der Waals surface area contributed by atoms with E-state index in [1.54, 1.807) is 7.05 Å². The quantitative estimate of drug-likeness (QED) is 0.682. The third kappa shape index (κ3) is 4.91. The van der Waals surface area contributed by atoms with Gasteiger partial charge in [-0.2, -0.15) is 0 Å². The average Bonchev–Trinajstić information content (AvgIpc) is 2.34. The second-order valence-corrected chi connectivity index (χ2v) is 7.11. The Morgan fingerprint density at radius 2 is 1.94 bits per heavy atom.